The average molecular weight is 393 g/mol. The number of ether oxygens (including phenoxy) is 1. The lowest BCUT2D eigenvalue weighted by Crippen LogP contribution is -2.25. The molecular weight excluding hydrogens is 374 g/mol. The molecule has 0 aliphatic carbocycles. The van der Waals surface area contributed by atoms with Crippen LogP contribution in [0.25, 0.3) is 15.9 Å². The van der Waals surface area contributed by atoms with E-state index >= 15 is 0 Å². The smallest absolute Gasteiger partial charge is 0.266 e. The van der Waals surface area contributed by atoms with Crippen LogP contribution in [0.3, 0.4) is 0 Å². The quantitative estimate of drug-likeness (QED) is 0.576. The van der Waals surface area contributed by atoms with Crippen molar-refractivity contribution in [3.63, 3.8) is 0 Å². The van der Waals surface area contributed by atoms with Gasteiger partial charge in [-0.3, -0.25) is 14.0 Å². The Hall–Kier alpha value is -3.19. The van der Waals surface area contributed by atoms with E-state index in [9.17, 15) is 9.59 Å². The highest BCUT2D eigenvalue weighted by Crippen LogP contribution is 2.27. The van der Waals surface area contributed by atoms with Crippen molar-refractivity contribution in [1.29, 1.82) is 0 Å². The molecule has 0 aliphatic heterocycles. The van der Waals surface area contributed by atoms with Crippen molar-refractivity contribution in [2.45, 2.75) is 20.4 Å². The molecule has 3 heterocycles. The fourth-order valence-electron chi connectivity index (χ4n) is 3.23. The van der Waals surface area contributed by atoms with Crippen LogP contribution in [0.2, 0.25) is 0 Å². The van der Waals surface area contributed by atoms with Crippen LogP contribution in [-0.2, 0) is 6.54 Å². The van der Waals surface area contributed by atoms with Gasteiger partial charge in [0.25, 0.3) is 11.5 Å². The minimum atomic E-state index is -0.291. The molecule has 142 valence electrons. The first-order valence-electron chi connectivity index (χ1n) is 8.82. The third-order valence-corrected chi connectivity index (χ3v) is 5.95. The largest absolute Gasteiger partial charge is 0.496 e. The van der Waals surface area contributed by atoms with E-state index in [1.165, 1.54) is 15.7 Å². The normalized spacial score (nSPS) is 11.1. The minimum absolute atomic E-state index is 0.152. The van der Waals surface area contributed by atoms with Crippen LogP contribution in [0.1, 0.15) is 26.4 Å². The van der Waals surface area contributed by atoms with Crippen LogP contribution in [0, 0.1) is 13.8 Å². The van der Waals surface area contributed by atoms with E-state index in [-0.39, 0.29) is 11.5 Å². The molecule has 1 aromatic carbocycles. The number of para-hydroxylation sites is 1. The number of hydrogen-bond donors (Lipinski definition) is 1. The minimum Gasteiger partial charge on any atom is -0.496 e. The molecule has 0 bridgehead atoms. The van der Waals surface area contributed by atoms with Gasteiger partial charge in [0, 0.05) is 23.2 Å². The summed E-state index contributed by atoms with van der Waals surface area (Å²) in [7, 11) is 1.60. The lowest BCUT2D eigenvalue weighted by Gasteiger charge is -2.11. The predicted octanol–water partition coefficient (Wildman–Crippen LogP) is 3.46. The number of carbonyl (C=O) groups is 1. The Kier molecular flexibility index (Phi) is 4.60. The molecule has 7 heteroatoms. The van der Waals surface area contributed by atoms with Crippen LogP contribution in [0.5, 0.6) is 5.75 Å². The summed E-state index contributed by atoms with van der Waals surface area (Å²) in [5.41, 5.74) is 2.38. The van der Waals surface area contributed by atoms with Crippen LogP contribution in [0.15, 0.2) is 47.4 Å². The molecule has 1 N–H and O–H groups in total. The Morgan fingerprint density at radius 1 is 1.21 bits per heavy atom. The maximum atomic E-state index is 12.9. The second-order valence-corrected chi connectivity index (χ2v) is 7.69. The van der Waals surface area contributed by atoms with E-state index in [4.69, 9.17) is 4.74 Å². The van der Waals surface area contributed by atoms with Crippen molar-refractivity contribution in [1.82, 2.24) is 14.7 Å². The number of amides is 1. The van der Waals surface area contributed by atoms with Gasteiger partial charge in [0.15, 0.2) is 5.65 Å². The van der Waals surface area contributed by atoms with Crippen molar-refractivity contribution < 1.29 is 9.53 Å². The fraction of sp³-hybridized carbons (Fsp3) is 0.190. The molecule has 0 unspecified atom stereocenters. The number of hydrogen-bond acceptors (Lipinski definition) is 5. The number of nitrogens with one attached hydrogen (secondary N) is 1. The van der Waals surface area contributed by atoms with Crippen LogP contribution in [-0.4, -0.2) is 22.4 Å². The van der Waals surface area contributed by atoms with Gasteiger partial charge in [-0.15, -0.1) is 11.3 Å². The van der Waals surface area contributed by atoms with Crippen molar-refractivity contribution in [3.05, 3.63) is 74.5 Å². The number of aromatic nitrogens is 2. The number of methoxy groups -OCH3 is 1. The molecule has 0 saturated heterocycles. The Morgan fingerprint density at radius 3 is 2.79 bits per heavy atom. The number of benzene rings is 1. The summed E-state index contributed by atoms with van der Waals surface area (Å²) in [5, 5.41) is 3.51. The van der Waals surface area contributed by atoms with Gasteiger partial charge >= 0.3 is 0 Å². The fourth-order valence-corrected chi connectivity index (χ4v) is 4.25. The second kappa shape index (κ2) is 7.09. The highest BCUT2D eigenvalue weighted by atomic mass is 32.1. The molecule has 0 fully saturated rings. The topological polar surface area (TPSA) is 72.7 Å². The lowest BCUT2D eigenvalue weighted by atomic mass is 10.2. The zero-order chi connectivity index (χ0) is 19.8. The zero-order valence-corrected chi connectivity index (χ0v) is 16.6. The standard InChI is InChI=1S/C21H19N3O3S/c1-12-13(2)28-20-17(12)21(26)24-10-6-8-15(18(24)23-20)19(25)22-11-14-7-4-5-9-16(14)27-3/h4-10H,11H2,1-3H3,(H,22,25). The molecule has 0 saturated carbocycles. The SMILES string of the molecule is COc1ccccc1CNC(=O)c1cccn2c(=O)c3c(C)c(C)sc3nc12. The maximum Gasteiger partial charge on any atom is 0.266 e. The van der Waals surface area contributed by atoms with Gasteiger partial charge < -0.3 is 10.1 Å². The van der Waals surface area contributed by atoms with Crippen molar-refractivity contribution in [3.8, 4) is 5.75 Å². The van der Waals surface area contributed by atoms with Crippen LogP contribution >= 0.6 is 11.3 Å². The summed E-state index contributed by atoms with van der Waals surface area (Å²) >= 11 is 1.47. The predicted molar refractivity (Wildman–Crippen MR) is 110 cm³/mol. The average Bonchev–Trinajstić information content (AvgIpc) is 3.00. The molecule has 4 rings (SSSR count). The number of nitrogens with zero attached hydrogens (tertiary/aromatic N) is 2. The second-order valence-electron chi connectivity index (χ2n) is 6.49. The number of pyridine rings is 1. The molecular formula is C21H19N3O3S. The molecule has 0 atom stereocenters. The molecule has 4 aromatic rings. The summed E-state index contributed by atoms with van der Waals surface area (Å²) < 4.78 is 6.77. The van der Waals surface area contributed by atoms with E-state index in [1.807, 2.05) is 38.1 Å². The van der Waals surface area contributed by atoms with Gasteiger partial charge in [0.05, 0.1) is 18.1 Å². The highest BCUT2D eigenvalue weighted by molar-refractivity contribution is 7.18. The van der Waals surface area contributed by atoms with Crippen molar-refractivity contribution in [2.75, 3.05) is 7.11 Å². The van der Waals surface area contributed by atoms with E-state index in [2.05, 4.69) is 10.3 Å². The monoisotopic (exact) mass is 393 g/mol. The first-order valence-corrected chi connectivity index (χ1v) is 9.64. The third-order valence-electron chi connectivity index (χ3n) is 4.85. The van der Waals surface area contributed by atoms with E-state index < -0.39 is 0 Å². The Balaban J connectivity index is 1.75. The van der Waals surface area contributed by atoms with Gasteiger partial charge in [0.1, 0.15) is 10.6 Å². The number of carbonyl (C=O) groups excluding carboxylic acids is 1. The van der Waals surface area contributed by atoms with Crippen LogP contribution in [0.4, 0.5) is 0 Å². The first kappa shape index (κ1) is 18.2. The third kappa shape index (κ3) is 2.93. The van der Waals surface area contributed by atoms with Gasteiger partial charge in [-0.25, -0.2) is 4.98 Å². The van der Waals surface area contributed by atoms with Gasteiger partial charge in [-0.2, -0.15) is 0 Å². The maximum absolute atomic E-state index is 12.9. The summed E-state index contributed by atoms with van der Waals surface area (Å²) in [5.74, 6) is 0.418. The Bertz CT molecular complexity index is 1270. The number of aryl methyl sites for hydroxylation is 2. The van der Waals surface area contributed by atoms with E-state index in [0.717, 1.165) is 16.0 Å². The van der Waals surface area contributed by atoms with Crippen molar-refractivity contribution >= 4 is 33.1 Å². The van der Waals surface area contributed by atoms with Gasteiger partial charge in [-0.1, -0.05) is 18.2 Å². The molecule has 0 spiro atoms. The van der Waals surface area contributed by atoms with Gasteiger partial charge in [0.2, 0.25) is 0 Å². The lowest BCUT2D eigenvalue weighted by molar-refractivity contribution is 0.0951. The van der Waals surface area contributed by atoms with Crippen LogP contribution < -0.4 is 15.6 Å². The summed E-state index contributed by atoms with van der Waals surface area (Å²) in [6.07, 6.45) is 1.65. The molecule has 28 heavy (non-hydrogen) atoms. The molecule has 0 radical (unpaired) electrons. The van der Waals surface area contributed by atoms with E-state index in [1.54, 1.807) is 25.4 Å². The number of rotatable bonds is 4. The highest BCUT2D eigenvalue weighted by Gasteiger charge is 2.17. The Morgan fingerprint density at radius 2 is 2.00 bits per heavy atom. The first-order chi connectivity index (χ1) is 13.5. The number of fused-ring (bicyclic) bond motifs is 2. The molecule has 6 nitrogen and oxygen atoms in total. The van der Waals surface area contributed by atoms with E-state index in [0.29, 0.717) is 33.7 Å². The molecule has 1 amide bonds. The summed E-state index contributed by atoms with van der Waals surface area (Å²) in [6.45, 7) is 4.21. The van der Waals surface area contributed by atoms with Gasteiger partial charge in [-0.05, 0) is 37.6 Å². The number of thiophene rings is 1. The van der Waals surface area contributed by atoms with Crippen molar-refractivity contribution in [2.24, 2.45) is 0 Å². The Labute approximate surface area is 165 Å². The molecule has 3 aromatic heterocycles. The summed E-state index contributed by atoms with van der Waals surface area (Å²) in [4.78, 5) is 32.1. The zero-order valence-electron chi connectivity index (χ0n) is 15.8. The summed E-state index contributed by atoms with van der Waals surface area (Å²) in [6, 6.07) is 10.9. The molecule has 0 aliphatic rings.